The maximum atomic E-state index is 10.6. The third-order valence-electron chi connectivity index (χ3n) is 2.86. The van der Waals surface area contributed by atoms with Crippen LogP contribution in [0.1, 0.15) is 18.1 Å². The van der Waals surface area contributed by atoms with Crippen molar-refractivity contribution in [2.45, 2.75) is 18.9 Å². The highest BCUT2D eigenvalue weighted by molar-refractivity contribution is 14.1. The second-order valence-corrected chi connectivity index (χ2v) is 6.08. The summed E-state index contributed by atoms with van der Waals surface area (Å²) >= 11 is 8.31. The van der Waals surface area contributed by atoms with Crippen LogP contribution in [-0.4, -0.2) is 10.1 Å². The summed E-state index contributed by atoms with van der Waals surface area (Å²) in [6, 6.07) is 9.69. The molecule has 1 aromatic carbocycles. The van der Waals surface area contributed by atoms with Gasteiger partial charge in [-0.2, -0.15) is 0 Å². The molecule has 1 N–H and O–H groups in total. The Hall–Kier alpha value is -0.650. The maximum Gasteiger partial charge on any atom is 0.0909 e. The van der Waals surface area contributed by atoms with Crippen molar-refractivity contribution in [2.75, 3.05) is 0 Å². The lowest BCUT2D eigenvalue weighted by molar-refractivity contribution is 0.0576. The van der Waals surface area contributed by atoms with E-state index in [2.05, 4.69) is 27.6 Å². The lowest BCUT2D eigenvalue weighted by Crippen LogP contribution is -2.24. The summed E-state index contributed by atoms with van der Waals surface area (Å²) in [6.07, 6.45) is 3.75. The number of rotatable bonds is 3. The SMILES string of the molecule is CC(O)(Cc1ccncc1Cl)c1ccc(I)cc1. The average molecular weight is 374 g/mol. The van der Waals surface area contributed by atoms with Crippen LogP contribution in [0.4, 0.5) is 0 Å². The van der Waals surface area contributed by atoms with Gasteiger partial charge in [0.2, 0.25) is 0 Å². The molecule has 1 aromatic heterocycles. The molecule has 2 rings (SSSR count). The average Bonchev–Trinajstić information content (AvgIpc) is 2.32. The molecule has 94 valence electrons. The van der Waals surface area contributed by atoms with Crippen LogP contribution in [0.2, 0.25) is 5.02 Å². The minimum absolute atomic E-state index is 0.467. The summed E-state index contributed by atoms with van der Waals surface area (Å²) in [4.78, 5) is 3.94. The molecule has 0 aliphatic heterocycles. The summed E-state index contributed by atoms with van der Waals surface area (Å²) in [5, 5.41) is 11.2. The molecule has 0 bridgehead atoms. The summed E-state index contributed by atoms with van der Waals surface area (Å²) in [6.45, 7) is 1.80. The summed E-state index contributed by atoms with van der Waals surface area (Å²) < 4.78 is 1.15. The van der Waals surface area contributed by atoms with Crippen molar-refractivity contribution in [3.8, 4) is 0 Å². The first kappa shape index (κ1) is 13.8. The minimum Gasteiger partial charge on any atom is -0.385 e. The molecule has 0 radical (unpaired) electrons. The predicted molar refractivity (Wildman–Crippen MR) is 81.7 cm³/mol. The van der Waals surface area contributed by atoms with Gasteiger partial charge >= 0.3 is 0 Å². The summed E-state index contributed by atoms with van der Waals surface area (Å²) in [5.74, 6) is 0. The van der Waals surface area contributed by atoms with Gasteiger partial charge in [-0.25, -0.2) is 0 Å². The Kier molecular flexibility index (Phi) is 4.25. The van der Waals surface area contributed by atoms with Gasteiger partial charge in [-0.05, 0) is 58.8 Å². The zero-order valence-electron chi connectivity index (χ0n) is 9.90. The van der Waals surface area contributed by atoms with E-state index in [4.69, 9.17) is 11.6 Å². The van der Waals surface area contributed by atoms with Crippen molar-refractivity contribution in [2.24, 2.45) is 0 Å². The highest BCUT2D eigenvalue weighted by atomic mass is 127. The molecule has 2 nitrogen and oxygen atoms in total. The Bertz CT molecular complexity index is 540. The van der Waals surface area contributed by atoms with Crippen LogP contribution >= 0.6 is 34.2 Å². The topological polar surface area (TPSA) is 33.1 Å². The number of halogens is 2. The third-order valence-corrected chi connectivity index (χ3v) is 3.92. The number of benzene rings is 1. The summed E-state index contributed by atoms with van der Waals surface area (Å²) in [5.41, 5.74) is 0.848. The van der Waals surface area contributed by atoms with E-state index in [1.54, 1.807) is 19.3 Å². The third kappa shape index (κ3) is 3.22. The number of hydrogen-bond donors (Lipinski definition) is 1. The Morgan fingerprint density at radius 3 is 2.56 bits per heavy atom. The van der Waals surface area contributed by atoms with Crippen molar-refractivity contribution in [1.29, 1.82) is 0 Å². The quantitative estimate of drug-likeness (QED) is 0.831. The molecule has 1 heterocycles. The molecule has 2 aromatic rings. The predicted octanol–water partition coefficient (Wildman–Crippen LogP) is 3.79. The van der Waals surface area contributed by atoms with Crippen molar-refractivity contribution in [3.63, 3.8) is 0 Å². The van der Waals surface area contributed by atoms with Crippen LogP contribution in [0.3, 0.4) is 0 Å². The lowest BCUT2D eigenvalue weighted by Gasteiger charge is -2.24. The van der Waals surface area contributed by atoms with Crippen LogP contribution in [0.5, 0.6) is 0 Å². The lowest BCUT2D eigenvalue weighted by atomic mass is 9.89. The molecule has 0 aliphatic carbocycles. The van der Waals surface area contributed by atoms with Crippen LogP contribution in [0.25, 0.3) is 0 Å². The molecule has 0 spiro atoms. The Balaban J connectivity index is 2.27. The van der Waals surface area contributed by atoms with E-state index in [-0.39, 0.29) is 0 Å². The van der Waals surface area contributed by atoms with Crippen LogP contribution in [0, 0.1) is 3.57 Å². The minimum atomic E-state index is -0.935. The van der Waals surface area contributed by atoms with Crippen molar-refractivity contribution < 1.29 is 5.11 Å². The van der Waals surface area contributed by atoms with Crippen LogP contribution in [0.15, 0.2) is 42.7 Å². The number of nitrogens with zero attached hydrogens (tertiary/aromatic N) is 1. The molecular weight excluding hydrogens is 361 g/mol. The molecule has 1 unspecified atom stereocenters. The number of hydrogen-bond acceptors (Lipinski definition) is 2. The first-order chi connectivity index (χ1) is 8.49. The fourth-order valence-corrected chi connectivity index (χ4v) is 2.37. The Morgan fingerprint density at radius 2 is 1.94 bits per heavy atom. The van der Waals surface area contributed by atoms with E-state index in [1.807, 2.05) is 30.3 Å². The number of aliphatic hydroxyl groups is 1. The standard InChI is InChI=1S/C14H13ClINO/c1-14(18,11-2-4-12(16)5-3-11)8-10-6-7-17-9-13(10)15/h2-7,9,18H,8H2,1H3. The van der Waals surface area contributed by atoms with Gasteiger partial charge in [0.1, 0.15) is 0 Å². The molecule has 1 atom stereocenters. The van der Waals surface area contributed by atoms with E-state index in [1.165, 1.54) is 0 Å². The number of aromatic nitrogens is 1. The molecule has 0 fully saturated rings. The van der Waals surface area contributed by atoms with E-state index in [0.717, 1.165) is 14.7 Å². The number of pyridine rings is 1. The molecule has 4 heteroatoms. The first-order valence-corrected chi connectivity index (χ1v) is 7.01. The van der Waals surface area contributed by atoms with Gasteiger partial charge < -0.3 is 5.11 Å². The first-order valence-electron chi connectivity index (χ1n) is 5.56. The molecular formula is C14H13ClINO. The molecule has 0 saturated carbocycles. The van der Waals surface area contributed by atoms with Gasteiger partial charge in [0.15, 0.2) is 0 Å². The Morgan fingerprint density at radius 1 is 1.28 bits per heavy atom. The summed E-state index contributed by atoms with van der Waals surface area (Å²) in [7, 11) is 0. The molecule has 18 heavy (non-hydrogen) atoms. The van der Waals surface area contributed by atoms with Crippen molar-refractivity contribution in [3.05, 3.63) is 62.4 Å². The van der Waals surface area contributed by atoms with Gasteiger partial charge in [0, 0.05) is 22.4 Å². The van der Waals surface area contributed by atoms with E-state index in [9.17, 15) is 5.11 Å². The highest BCUT2D eigenvalue weighted by Crippen LogP contribution is 2.28. The van der Waals surface area contributed by atoms with E-state index < -0.39 is 5.60 Å². The van der Waals surface area contributed by atoms with Crippen LogP contribution < -0.4 is 0 Å². The van der Waals surface area contributed by atoms with E-state index >= 15 is 0 Å². The second kappa shape index (κ2) is 5.55. The smallest absolute Gasteiger partial charge is 0.0909 e. The van der Waals surface area contributed by atoms with Crippen molar-refractivity contribution in [1.82, 2.24) is 4.98 Å². The fourth-order valence-electron chi connectivity index (χ4n) is 1.83. The van der Waals surface area contributed by atoms with E-state index in [0.29, 0.717) is 11.4 Å². The second-order valence-electron chi connectivity index (χ2n) is 4.42. The van der Waals surface area contributed by atoms with Gasteiger partial charge in [-0.1, -0.05) is 23.7 Å². The van der Waals surface area contributed by atoms with Crippen molar-refractivity contribution >= 4 is 34.2 Å². The van der Waals surface area contributed by atoms with Gasteiger partial charge in [0.25, 0.3) is 0 Å². The van der Waals surface area contributed by atoms with Crippen LogP contribution in [-0.2, 0) is 12.0 Å². The Labute approximate surface area is 125 Å². The molecule has 0 aliphatic rings. The normalized spacial score (nSPS) is 14.2. The monoisotopic (exact) mass is 373 g/mol. The largest absolute Gasteiger partial charge is 0.385 e. The highest BCUT2D eigenvalue weighted by Gasteiger charge is 2.24. The maximum absolute atomic E-state index is 10.6. The van der Waals surface area contributed by atoms with Gasteiger partial charge in [-0.3, -0.25) is 4.98 Å². The fraction of sp³-hybridized carbons (Fsp3) is 0.214. The van der Waals surface area contributed by atoms with Gasteiger partial charge in [0.05, 0.1) is 10.6 Å². The zero-order valence-corrected chi connectivity index (χ0v) is 12.8. The zero-order chi connectivity index (χ0) is 13.2. The van der Waals surface area contributed by atoms with Gasteiger partial charge in [-0.15, -0.1) is 0 Å². The molecule has 0 amide bonds. The molecule has 0 saturated heterocycles.